The van der Waals surface area contributed by atoms with Gasteiger partial charge < -0.3 is 10.4 Å². The first-order chi connectivity index (χ1) is 11.2. The van der Waals surface area contributed by atoms with Crippen molar-refractivity contribution in [2.75, 3.05) is 13.2 Å². The van der Waals surface area contributed by atoms with Gasteiger partial charge in [0.25, 0.3) is 0 Å². The van der Waals surface area contributed by atoms with Crippen LogP contribution in [0.4, 0.5) is 0 Å². The average molecular weight is 311 g/mol. The topological polar surface area (TPSA) is 49.3 Å². The van der Waals surface area contributed by atoms with E-state index in [2.05, 4.69) is 24.4 Å². The van der Waals surface area contributed by atoms with Crippen LogP contribution in [0.3, 0.4) is 0 Å². The molecule has 0 spiro atoms. The van der Waals surface area contributed by atoms with Gasteiger partial charge in [-0.3, -0.25) is 4.79 Å². The number of rotatable bonds is 8. The molecule has 0 heterocycles. The molecule has 2 aromatic rings. The molecule has 0 aliphatic heterocycles. The summed E-state index contributed by atoms with van der Waals surface area (Å²) < 4.78 is 0. The van der Waals surface area contributed by atoms with Crippen LogP contribution < -0.4 is 5.32 Å². The number of carbonyl (C=O) groups excluding carboxylic acids is 1. The van der Waals surface area contributed by atoms with Crippen molar-refractivity contribution in [3.05, 3.63) is 71.3 Å². The minimum absolute atomic E-state index is 0.0622. The molecule has 0 fully saturated rings. The van der Waals surface area contributed by atoms with Crippen LogP contribution >= 0.6 is 0 Å². The summed E-state index contributed by atoms with van der Waals surface area (Å²) in [5.74, 6) is 0.218. The van der Waals surface area contributed by atoms with Crippen molar-refractivity contribution in [1.82, 2.24) is 5.32 Å². The van der Waals surface area contributed by atoms with E-state index in [1.807, 2.05) is 42.5 Å². The second-order valence-corrected chi connectivity index (χ2v) is 5.85. The summed E-state index contributed by atoms with van der Waals surface area (Å²) in [6, 6.07) is 18.2. The van der Waals surface area contributed by atoms with Crippen molar-refractivity contribution in [2.45, 2.75) is 32.1 Å². The molecule has 2 rings (SSSR count). The van der Waals surface area contributed by atoms with E-state index in [1.165, 1.54) is 11.1 Å². The van der Waals surface area contributed by atoms with Crippen molar-refractivity contribution in [2.24, 2.45) is 0 Å². The second-order valence-electron chi connectivity index (χ2n) is 5.85. The van der Waals surface area contributed by atoms with Gasteiger partial charge in [-0.2, -0.15) is 0 Å². The lowest BCUT2D eigenvalue weighted by molar-refractivity contribution is -0.121. The summed E-state index contributed by atoms with van der Waals surface area (Å²) >= 11 is 0. The SMILES string of the molecule is Cc1ccccc1CCC(=O)NCC(CCO)c1ccccc1. The van der Waals surface area contributed by atoms with Crippen LogP contribution in [0.2, 0.25) is 0 Å². The van der Waals surface area contributed by atoms with E-state index < -0.39 is 0 Å². The number of amides is 1. The third-order valence-electron chi connectivity index (χ3n) is 4.18. The summed E-state index contributed by atoms with van der Waals surface area (Å²) in [5.41, 5.74) is 3.60. The lowest BCUT2D eigenvalue weighted by Crippen LogP contribution is -2.29. The van der Waals surface area contributed by atoms with Crippen LogP contribution in [-0.4, -0.2) is 24.2 Å². The average Bonchev–Trinajstić information content (AvgIpc) is 2.58. The zero-order valence-corrected chi connectivity index (χ0v) is 13.7. The molecule has 0 aromatic heterocycles. The van der Waals surface area contributed by atoms with Gasteiger partial charge in [0.15, 0.2) is 0 Å². The largest absolute Gasteiger partial charge is 0.396 e. The Kier molecular flexibility index (Phi) is 6.82. The Hall–Kier alpha value is -2.13. The number of hydrogen-bond donors (Lipinski definition) is 2. The minimum atomic E-state index is 0.0622. The third kappa shape index (κ3) is 5.53. The first-order valence-corrected chi connectivity index (χ1v) is 8.17. The van der Waals surface area contributed by atoms with Crippen molar-refractivity contribution < 1.29 is 9.90 Å². The Morgan fingerprint density at radius 3 is 2.48 bits per heavy atom. The maximum atomic E-state index is 12.1. The molecular weight excluding hydrogens is 286 g/mol. The van der Waals surface area contributed by atoms with Crippen LogP contribution in [0.25, 0.3) is 0 Å². The van der Waals surface area contributed by atoms with Gasteiger partial charge in [-0.05, 0) is 36.5 Å². The van der Waals surface area contributed by atoms with Crippen molar-refractivity contribution in [1.29, 1.82) is 0 Å². The highest BCUT2D eigenvalue weighted by atomic mass is 16.3. The molecule has 2 N–H and O–H groups in total. The predicted octanol–water partition coefficient (Wildman–Crippen LogP) is 3.21. The van der Waals surface area contributed by atoms with E-state index >= 15 is 0 Å². The molecule has 1 unspecified atom stereocenters. The first-order valence-electron chi connectivity index (χ1n) is 8.17. The zero-order chi connectivity index (χ0) is 16.5. The van der Waals surface area contributed by atoms with E-state index in [0.29, 0.717) is 19.4 Å². The van der Waals surface area contributed by atoms with E-state index in [4.69, 9.17) is 0 Å². The van der Waals surface area contributed by atoms with Crippen LogP contribution in [0.5, 0.6) is 0 Å². The molecule has 122 valence electrons. The number of aryl methyl sites for hydroxylation is 2. The van der Waals surface area contributed by atoms with Gasteiger partial charge in [0.05, 0.1) is 0 Å². The lowest BCUT2D eigenvalue weighted by Gasteiger charge is -2.17. The van der Waals surface area contributed by atoms with Gasteiger partial charge in [0, 0.05) is 25.5 Å². The molecule has 23 heavy (non-hydrogen) atoms. The number of benzene rings is 2. The van der Waals surface area contributed by atoms with E-state index in [-0.39, 0.29) is 18.4 Å². The predicted molar refractivity (Wildman–Crippen MR) is 93.4 cm³/mol. The fraction of sp³-hybridized carbons (Fsp3) is 0.350. The van der Waals surface area contributed by atoms with Crippen molar-refractivity contribution in [3.63, 3.8) is 0 Å². The van der Waals surface area contributed by atoms with Gasteiger partial charge >= 0.3 is 0 Å². The smallest absolute Gasteiger partial charge is 0.220 e. The molecule has 0 saturated heterocycles. The highest BCUT2D eigenvalue weighted by Gasteiger charge is 2.12. The van der Waals surface area contributed by atoms with Crippen molar-refractivity contribution >= 4 is 5.91 Å². The molecular formula is C20H25NO2. The summed E-state index contributed by atoms with van der Waals surface area (Å²) in [6.45, 7) is 2.76. The Morgan fingerprint density at radius 2 is 1.78 bits per heavy atom. The second kappa shape index (κ2) is 9.11. The summed E-state index contributed by atoms with van der Waals surface area (Å²) in [7, 11) is 0. The number of nitrogens with one attached hydrogen (secondary N) is 1. The van der Waals surface area contributed by atoms with E-state index in [1.54, 1.807) is 0 Å². The quantitative estimate of drug-likeness (QED) is 0.786. The summed E-state index contributed by atoms with van der Waals surface area (Å²) in [4.78, 5) is 12.1. The first kappa shape index (κ1) is 17.2. The third-order valence-corrected chi connectivity index (χ3v) is 4.18. The molecule has 2 aromatic carbocycles. The molecule has 0 aliphatic rings. The molecule has 3 nitrogen and oxygen atoms in total. The molecule has 0 aliphatic carbocycles. The maximum Gasteiger partial charge on any atom is 0.220 e. The standard InChI is InChI=1S/C20H25NO2/c1-16-7-5-6-8-17(16)11-12-20(23)21-15-19(13-14-22)18-9-3-2-4-10-18/h2-10,19,22H,11-15H2,1H3,(H,21,23). The number of carbonyl (C=O) groups is 1. The lowest BCUT2D eigenvalue weighted by atomic mass is 9.96. The Balaban J connectivity index is 1.83. The molecule has 3 heteroatoms. The summed E-state index contributed by atoms with van der Waals surface area (Å²) in [6.07, 6.45) is 1.90. The number of aliphatic hydroxyl groups excluding tert-OH is 1. The fourth-order valence-corrected chi connectivity index (χ4v) is 2.73. The maximum absolute atomic E-state index is 12.1. The minimum Gasteiger partial charge on any atom is -0.396 e. The molecule has 0 radical (unpaired) electrons. The number of aliphatic hydroxyl groups is 1. The zero-order valence-electron chi connectivity index (χ0n) is 13.7. The van der Waals surface area contributed by atoms with Gasteiger partial charge in [-0.1, -0.05) is 54.6 Å². The Morgan fingerprint density at radius 1 is 1.09 bits per heavy atom. The highest BCUT2D eigenvalue weighted by Crippen LogP contribution is 2.18. The Bertz CT molecular complexity index is 610. The summed E-state index contributed by atoms with van der Waals surface area (Å²) in [5, 5.41) is 12.2. The normalized spacial score (nSPS) is 11.9. The van der Waals surface area contributed by atoms with Crippen LogP contribution in [-0.2, 0) is 11.2 Å². The van der Waals surface area contributed by atoms with Crippen LogP contribution in [0, 0.1) is 6.92 Å². The molecule has 1 atom stereocenters. The molecule has 0 saturated carbocycles. The van der Waals surface area contributed by atoms with Crippen LogP contribution in [0.15, 0.2) is 54.6 Å². The van der Waals surface area contributed by atoms with Gasteiger partial charge in [0.2, 0.25) is 5.91 Å². The van der Waals surface area contributed by atoms with Gasteiger partial charge in [0.1, 0.15) is 0 Å². The number of hydrogen-bond acceptors (Lipinski definition) is 2. The van der Waals surface area contributed by atoms with Gasteiger partial charge in [-0.25, -0.2) is 0 Å². The van der Waals surface area contributed by atoms with E-state index in [9.17, 15) is 9.90 Å². The Labute approximate surface area is 138 Å². The monoisotopic (exact) mass is 311 g/mol. The molecule has 0 bridgehead atoms. The van der Waals surface area contributed by atoms with Crippen LogP contribution in [0.1, 0.15) is 35.4 Å². The molecule has 1 amide bonds. The highest BCUT2D eigenvalue weighted by molar-refractivity contribution is 5.76. The van der Waals surface area contributed by atoms with Gasteiger partial charge in [-0.15, -0.1) is 0 Å². The van der Waals surface area contributed by atoms with E-state index in [0.717, 1.165) is 12.0 Å². The fourth-order valence-electron chi connectivity index (χ4n) is 2.73. The van der Waals surface area contributed by atoms with Crippen molar-refractivity contribution in [3.8, 4) is 0 Å².